The van der Waals surface area contributed by atoms with Crippen molar-refractivity contribution in [3.63, 3.8) is 0 Å². The summed E-state index contributed by atoms with van der Waals surface area (Å²) in [5.74, 6) is 0. The fraction of sp³-hybridized carbons (Fsp3) is 0.0204. The van der Waals surface area contributed by atoms with Gasteiger partial charge >= 0.3 is 0 Å². The standard InChI is InChI=1S/C49H33NO/c1-4-17-34(18-5-1)35-19-14-24-38(33-35)50(37-22-8-3-9-23-37)45-31-16-32-46-47(45)41-27-15-30-44(48(41)51-46)49(36-20-6-2-7-21-36)42-28-12-10-25-39(42)40-26-11-13-29-43(40)49/h1-33H. The third-order valence-electron chi connectivity index (χ3n) is 10.5. The van der Waals surface area contributed by atoms with E-state index in [1.807, 2.05) is 0 Å². The second kappa shape index (κ2) is 11.8. The molecule has 0 aliphatic heterocycles. The van der Waals surface area contributed by atoms with Crippen LogP contribution in [0.5, 0.6) is 0 Å². The minimum Gasteiger partial charge on any atom is -0.456 e. The first kappa shape index (κ1) is 29.3. The lowest BCUT2D eigenvalue weighted by Gasteiger charge is -2.33. The quantitative estimate of drug-likeness (QED) is 0.178. The average Bonchev–Trinajstić information content (AvgIpc) is 3.74. The monoisotopic (exact) mass is 651 g/mol. The van der Waals surface area contributed by atoms with E-state index in [9.17, 15) is 0 Å². The Labute approximate surface area is 297 Å². The molecule has 0 amide bonds. The molecule has 1 aromatic heterocycles. The zero-order chi connectivity index (χ0) is 33.8. The molecule has 51 heavy (non-hydrogen) atoms. The number of hydrogen-bond acceptors (Lipinski definition) is 2. The Hall–Kier alpha value is -6.64. The molecule has 0 bridgehead atoms. The summed E-state index contributed by atoms with van der Waals surface area (Å²) in [6.45, 7) is 0. The van der Waals surface area contributed by atoms with Crippen LogP contribution < -0.4 is 4.90 Å². The van der Waals surface area contributed by atoms with Crippen molar-refractivity contribution in [2.45, 2.75) is 5.41 Å². The van der Waals surface area contributed by atoms with Crippen LogP contribution in [0.15, 0.2) is 205 Å². The molecule has 2 heteroatoms. The van der Waals surface area contributed by atoms with Crippen molar-refractivity contribution >= 4 is 39.0 Å². The molecule has 1 aliphatic carbocycles. The highest BCUT2D eigenvalue weighted by Crippen LogP contribution is 2.58. The lowest BCUT2D eigenvalue weighted by molar-refractivity contribution is 0.648. The molecule has 240 valence electrons. The predicted molar refractivity (Wildman–Crippen MR) is 211 cm³/mol. The zero-order valence-electron chi connectivity index (χ0n) is 27.9. The first-order valence-electron chi connectivity index (χ1n) is 17.5. The number of para-hydroxylation sites is 2. The maximum absolute atomic E-state index is 7.10. The van der Waals surface area contributed by atoms with Crippen LogP contribution in [0, 0.1) is 0 Å². The Bertz CT molecular complexity index is 2650. The first-order chi connectivity index (χ1) is 25.3. The van der Waals surface area contributed by atoms with Gasteiger partial charge in [0.25, 0.3) is 0 Å². The highest BCUT2D eigenvalue weighted by molar-refractivity contribution is 6.14. The van der Waals surface area contributed by atoms with Crippen LogP contribution in [-0.2, 0) is 5.41 Å². The van der Waals surface area contributed by atoms with E-state index in [1.54, 1.807) is 0 Å². The molecular formula is C49H33NO. The average molecular weight is 652 g/mol. The van der Waals surface area contributed by atoms with Gasteiger partial charge in [0, 0.05) is 22.3 Å². The number of rotatable bonds is 6. The summed E-state index contributed by atoms with van der Waals surface area (Å²) in [5, 5.41) is 2.18. The smallest absolute Gasteiger partial charge is 0.140 e. The Morgan fingerprint density at radius 3 is 1.69 bits per heavy atom. The van der Waals surface area contributed by atoms with Crippen molar-refractivity contribution in [2.75, 3.05) is 4.90 Å². The molecule has 2 nitrogen and oxygen atoms in total. The minimum absolute atomic E-state index is 0.564. The highest BCUT2D eigenvalue weighted by Gasteiger charge is 2.47. The molecule has 1 aliphatic rings. The normalized spacial score (nSPS) is 12.9. The fourth-order valence-electron chi connectivity index (χ4n) is 8.45. The van der Waals surface area contributed by atoms with Crippen LogP contribution in [0.4, 0.5) is 17.1 Å². The van der Waals surface area contributed by atoms with Gasteiger partial charge in [-0.3, -0.25) is 0 Å². The lowest BCUT2D eigenvalue weighted by Crippen LogP contribution is -2.28. The summed E-state index contributed by atoms with van der Waals surface area (Å²) in [5.41, 5.74) is 14.2. The van der Waals surface area contributed by atoms with Gasteiger partial charge in [-0.2, -0.15) is 0 Å². The molecule has 10 rings (SSSR count). The second-order valence-corrected chi connectivity index (χ2v) is 13.2. The Morgan fingerprint density at radius 2 is 0.961 bits per heavy atom. The van der Waals surface area contributed by atoms with E-state index in [0.29, 0.717) is 0 Å². The van der Waals surface area contributed by atoms with E-state index < -0.39 is 5.41 Å². The summed E-state index contributed by atoms with van der Waals surface area (Å²) in [7, 11) is 0. The van der Waals surface area contributed by atoms with Gasteiger partial charge in [0.2, 0.25) is 0 Å². The van der Waals surface area contributed by atoms with Crippen molar-refractivity contribution in [1.82, 2.24) is 0 Å². The van der Waals surface area contributed by atoms with Gasteiger partial charge < -0.3 is 9.32 Å². The largest absolute Gasteiger partial charge is 0.456 e. The topological polar surface area (TPSA) is 16.4 Å². The fourth-order valence-corrected chi connectivity index (χ4v) is 8.45. The maximum atomic E-state index is 7.10. The Kier molecular flexibility index (Phi) is 6.75. The van der Waals surface area contributed by atoms with Gasteiger partial charge in [-0.1, -0.05) is 164 Å². The van der Waals surface area contributed by atoms with E-state index in [2.05, 4.69) is 205 Å². The molecule has 0 atom stereocenters. The zero-order valence-corrected chi connectivity index (χ0v) is 27.9. The van der Waals surface area contributed by atoms with E-state index in [-0.39, 0.29) is 0 Å². The van der Waals surface area contributed by atoms with Crippen LogP contribution in [0.2, 0.25) is 0 Å². The number of benzene rings is 8. The van der Waals surface area contributed by atoms with Crippen molar-refractivity contribution < 1.29 is 4.42 Å². The van der Waals surface area contributed by atoms with Gasteiger partial charge in [-0.15, -0.1) is 0 Å². The Morgan fingerprint density at radius 1 is 0.412 bits per heavy atom. The van der Waals surface area contributed by atoms with E-state index >= 15 is 0 Å². The molecule has 9 aromatic rings. The second-order valence-electron chi connectivity index (χ2n) is 13.2. The molecule has 0 saturated carbocycles. The SMILES string of the molecule is c1ccc(-c2cccc(N(c3ccccc3)c3cccc4oc5c(C6(c7ccccc7)c7ccccc7-c7ccccc76)cccc5c34)c2)cc1. The lowest BCUT2D eigenvalue weighted by atomic mass is 9.67. The van der Waals surface area contributed by atoms with Gasteiger partial charge in [0.1, 0.15) is 11.2 Å². The molecule has 0 unspecified atom stereocenters. The third kappa shape index (κ3) is 4.43. The van der Waals surface area contributed by atoms with E-state index in [4.69, 9.17) is 4.42 Å². The minimum atomic E-state index is -0.564. The predicted octanol–water partition coefficient (Wildman–Crippen LogP) is 13.1. The van der Waals surface area contributed by atoms with Crippen LogP contribution in [0.3, 0.4) is 0 Å². The summed E-state index contributed by atoms with van der Waals surface area (Å²) >= 11 is 0. The summed E-state index contributed by atoms with van der Waals surface area (Å²) < 4.78 is 7.10. The number of hydrogen-bond donors (Lipinski definition) is 0. The molecule has 0 fully saturated rings. The third-order valence-corrected chi connectivity index (χ3v) is 10.5. The van der Waals surface area contributed by atoms with Crippen LogP contribution in [0.25, 0.3) is 44.2 Å². The number of nitrogens with zero attached hydrogens (tertiary/aromatic N) is 1. The molecule has 0 N–H and O–H groups in total. The number of furan rings is 1. The van der Waals surface area contributed by atoms with Gasteiger partial charge in [-0.25, -0.2) is 0 Å². The van der Waals surface area contributed by atoms with Crippen molar-refractivity contribution in [2.24, 2.45) is 0 Å². The summed E-state index contributed by atoms with van der Waals surface area (Å²) in [6.07, 6.45) is 0. The maximum Gasteiger partial charge on any atom is 0.140 e. The molecule has 0 saturated heterocycles. The van der Waals surface area contributed by atoms with Gasteiger partial charge in [0.05, 0.1) is 16.5 Å². The van der Waals surface area contributed by atoms with Crippen molar-refractivity contribution in [1.29, 1.82) is 0 Å². The number of anilines is 3. The Balaban J connectivity index is 1.27. The molecule has 8 aromatic carbocycles. The van der Waals surface area contributed by atoms with Crippen LogP contribution in [0.1, 0.15) is 22.3 Å². The van der Waals surface area contributed by atoms with Crippen molar-refractivity contribution in [3.8, 4) is 22.3 Å². The van der Waals surface area contributed by atoms with Gasteiger partial charge in [-0.05, 0) is 75.3 Å². The van der Waals surface area contributed by atoms with Gasteiger partial charge in [0.15, 0.2) is 0 Å². The summed E-state index contributed by atoms with van der Waals surface area (Å²) in [6, 6.07) is 71.9. The molecule has 0 spiro atoms. The number of fused-ring (bicyclic) bond motifs is 6. The highest BCUT2D eigenvalue weighted by atomic mass is 16.3. The van der Waals surface area contributed by atoms with E-state index in [0.717, 1.165) is 44.6 Å². The van der Waals surface area contributed by atoms with Crippen molar-refractivity contribution in [3.05, 3.63) is 222 Å². The summed E-state index contributed by atoms with van der Waals surface area (Å²) in [4.78, 5) is 2.36. The molecule has 0 radical (unpaired) electrons. The van der Waals surface area contributed by atoms with Crippen LogP contribution in [-0.4, -0.2) is 0 Å². The molecular weight excluding hydrogens is 619 g/mol. The van der Waals surface area contributed by atoms with Crippen LogP contribution >= 0.6 is 0 Å². The van der Waals surface area contributed by atoms with E-state index in [1.165, 1.54) is 38.9 Å². The first-order valence-corrected chi connectivity index (χ1v) is 17.5. The molecule has 1 heterocycles.